The lowest BCUT2D eigenvalue weighted by Crippen LogP contribution is -2.37. The lowest BCUT2D eigenvalue weighted by molar-refractivity contribution is 0.0691. The van der Waals surface area contributed by atoms with Gasteiger partial charge in [-0.1, -0.05) is 22.0 Å². The third kappa shape index (κ3) is 3.69. The fourth-order valence-corrected chi connectivity index (χ4v) is 4.08. The van der Waals surface area contributed by atoms with Gasteiger partial charge < -0.3 is 5.11 Å². The third-order valence-electron chi connectivity index (χ3n) is 2.71. The van der Waals surface area contributed by atoms with Gasteiger partial charge in [0.15, 0.2) is 5.82 Å². The molecule has 1 aromatic rings. The second-order valence-electron chi connectivity index (χ2n) is 4.53. The minimum atomic E-state index is -4.18. The molecular weight excluding hydrogens is 365 g/mol. The molecule has 0 bridgehead atoms. The second-order valence-corrected chi connectivity index (χ2v) is 7.30. The van der Waals surface area contributed by atoms with Gasteiger partial charge in [0, 0.05) is 17.1 Å². The van der Waals surface area contributed by atoms with Crippen molar-refractivity contribution < 1.29 is 22.7 Å². The van der Waals surface area contributed by atoms with Crippen LogP contribution < -0.4 is 0 Å². The number of halogens is 2. The van der Waals surface area contributed by atoms with Crippen molar-refractivity contribution in [2.75, 3.05) is 6.54 Å². The lowest BCUT2D eigenvalue weighted by Gasteiger charge is -2.25. The molecule has 0 saturated heterocycles. The molecule has 116 valence electrons. The van der Waals surface area contributed by atoms with Gasteiger partial charge >= 0.3 is 5.97 Å². The van der Waals surface area contributed by atoms with E-state index in [0.717, 1.165) is 16.4 Å². The zero-order valence-electron chi connectivity index (χ0n) is 11.5. The summed E-state index contributed by atoms with van der Waals surface area (Å²) in [4.78, 5) is 10.3. The molecule has 0 amide bonds. The van der Waals surface area contributed by atoms with Crippen LogP contribution in [0.1, 0.15) is 24.2 Å². The molecule has 0 atom stereocenters. The fourth-order valence-electron chi connectivity index (χ4n) is 1.75. The molecule has 1 N–H and O–H groups in total. The van der Waals surface area contributed by atoms with Gasteiger partial charge in [0.1, 0.15) is 4.90 Å². The SMILES string of the molecule is C=CCN(C(C)C)S(=O)(=O)c1cc(Br)cc(C(=O)O)c1F. The van der Waals surface area contributed by atoms with Crippen LogP contribution in [-0.2, 0) is 10.0 Å². The van der Waals surface area contributed by atoms with E-state index in [0.29, 0.717) is 0 Å². The van der Waals surface area contributed by atoms with Crippen LogP contribution in [0.4, 0.5) is 4.39 Å². The standard InChI is InChI=1S/C13H15BrFNO4S/c1-4-5-16(8(2)3)21(19,20)11-7-9(14)6-10(12(11)15)13(17)18/h4,6-8H,1,5H2,2-3H3,(H,17,18). The number of carboxylic acid groups (broad SMARTS) is 1. The minimum absolute atomic E-state index is 0.00560. The first kappa shape index (κ1) is 17.8. The zero-order chi connectivity index (χ0) is 16.4. The Balaban J connectivity index is 3.57. The van der Waals surface area contributed by atoms with E-state index in [1.165, 1.54) is 6.08 Å². The first-order chi connectivity index (χ1) is 9.62. The van der Waals surface area contributed by atoms with Gasteiger partial charge in [-0.3, -0.25) is 0 Å². The molecule has 0 saturated carbocycles. The topological polar surface area (TPSA) is 74.7 Å². The highest BCUT2D eigenvalue weighted by Crippen LogP contribution is 2.27. The maximum Gasteiger partial charge on any atom is 0.338 e. The quantitative estimate of drug-likeness (QED) is 0.771. The molecule has 8 heteroatoms. The smallest absolute Gasteiger partial charge is 0.338 e. The van der Waals surface area contributed by atoms with Gasteiger partial charge in [-0.25, -0.2) is 17.6 Å². The fraction of sp³-hybridized carbons (Fsp3) is 0.308. The summed E-state index contributed by atoms with van der Waals surface area (Å²) in [5, 5.41) is 8.95. The van der Waals surface area contributed by atoms with Crippen LogP contribution in [-0.4, -0.2) is 36.4 Å². The number of benzene rings is 1. The van der Waals surface area contributed by atoms with Crippen molar-refractivity contribution in [2.24, 2.45) is 0 Å². The van der Waals surface area contributed by atoms with E-state index in [2.05, 4.69) is 22.5 Å². The maximum absolute atomic E-state index is 14.2. The van der Waals surface area contributed by atoms with Crippen molar-refractivity contribution in [3.05, 3.63) is 40.6 Å². The van der Waals surface area contributed by atoms with Crippen molar-refractivity contribution in [1.82, 2.24) is 4.31 Å². The third-order valence-corrected chi connectivity index (χ3v) is 5.20. The highest BCUT2D eigenvalue weighted by atomic mass is 79.9. The summed E-state index contributed by atoms with van der Waals surface area (Å²) < 4.78 is 40.5. The van der Waals surface area contributed by atoms with Crippen molar-refractivity contribution in [1.29, 1.82) is 0 Å². The Morgan fingerprint density at radius 1 is 1.52 bits per heavy atom. The van der Waals surface area contributed by atoms with Crippen LogP contribution in [0.3, 0.4) is 0 Å². The second kappa shape index (κ2) is 6.67. The van der Waals surface area contributed by atoms with E-state index in [9.17, 15) is 17.6 Å². The molecule has 0 fully saturated rings. The Labute approximate surface area is 131 Å². The number of hydrogen-bond donors (Lipinski definition) is 1. The number of nitrogens with zero attached hydrogens (tertiary/aromatic N) is 1. The molecule has 0 unspecified atom stereocenters. The molecule has 5 nitrogen and oxygen atoms in total. The summed E-state index contributed by atoms with van der Waals surface area (Å²) in [7, 11) is -4.18. The van der Waals surface area contributed by atoms with Gasteiger partial charge in [0.05, 0.1) is 5.56 Å². The van der Waals surface area contributed by atoms with Crippen LogP contribution in [0.25, 0.3) is 0 Å². The normalized spacial score (nSPS) is 11.9. The van der Waals surface area contributed by atoms with Gasteiger partial charge in [0.2, 0.25) is 10.0 Å². The van der Waals surface area contributed by atoms with E-state index in [1.54, 1.807) is 13.8 Å². The molecule has 0 aliphatic rings. The minimum Gasteiger partial charge on any atom is -0.478 e. The highest BCUT2D eigenvalue weighted by molar-refractivity contribution is 9.10. The summed E-state index contributed by atoms with van der Waals surface area (Å²) in [6, 6.07) is 1.64. The number of carboxylic acids is 1. The number of sulfonamides is 1. The van der Waals surface area contributed by atoms with Gasteiger partial charge in [-0.15, -0.1) is 6.58 Å². The Hall–Kier alpha value is -1.25. The van der Waals surface area contributed by atoms with Crippen molar-refractivity contribution in [2.45, 2.75) is 24.8 Å². The summed E-state index contributed by atoms with van der Waals surface area (Å²) >= 11 is 3.00. The highest BCUT2D eigenvalue weighted by Gasteiger charge is 2.31. The van der Waals surface area contributed by atoms with Crippen LogP contribution in [0, 0.1) is 5.82 Å². The zero-order valence-corrected chi connectivity index (χ0v) is 13.9. The summed E-state index contributed by atoms with van der Waals surface area (Å²) in [5.41, 5.74) is -0.703. The summed E-state index contributed by atoms with van der Waals surface area (Å²) in [5.74, 6) is -2.81. The molecule has 21 heavy (non-hydrogen) atoms. The van der Waals surface area contributed by atoms with Gasteiger partial charge in [0.25, 0.3) is 0 Å². The molecule has 1 rings (SSSR count). The molecule has 0 radical (unpaired) electrons. The first-order valence-electron chi connectivity index (χ1n) is 5.98. The summed E-state index contributed by atoms with van der Waals surface area (Å²) in [6.07, 6.45) is 1.38. The molecule has 0 spiro atoms. The van der Waals surface area contributed by atoms with Crippen molar-refractivity contribution in [3.63, 3.8) is 0 Å². The Bertz CT molecular complexity index is 673. The lowest BCUT2D eigenvalue weighted by atomic mass is 10.2. The Morgan fingerprint density at radius 3 is 2.52 bits per heavy atom. The number of aromatic carboxylic acids is 1. The monoisotopic (exact) mass is 379 g/mol. The molecule has 0 aliphatic heterocycles. The average Bonchev–Trinajstić information content (AvgIpc) is 2.37. The van der Waals surface area contributed by atoms with Crippen molar-refractivity contribution >= 4 is 31.9 Å². The van der Waals surface area contributed by atoms with E-state index in [4.69, 9.17) is 5.11 Å². The maximum atomic E-state index is 14.2. The summed E-state index contributed by atoms with van der Waals surface area (Å²) in [6.45, 7) is 6.73. The van der Waals surface area contributed by atoms with E-state index in [-0.39, 0.29) is 11.0 Å². The van der Waals surface area contributed by atoms with E-state index in [1.807, 2.05) is 0 Å². The first-order valence-corrected chi connectivity index (χ1v) is 8.21. The average molecular weight is 380 g/mol. The van der Waals surface area contributed by atoms with Gasteiger partial charge in [-0.05, 0) is 26.0 Å². The van der Waals surface area contributed by atoms with Crippen LogP contribution in [0.5, 0.6) is 0 Å². The molecular formula is C13H15BrFNO4S. The predicted octanol–water partition coefficient (Wildman–Crippen LogP) is 2.87. The molecule has 0 heterocycles. The largest absolute Gasteiger partial charge is 0.478 e. The van der Waals surface area contributed by atoms with Crippen LogP contribution in [0.2, 0.25) is 0 Å². The predicted molar refractivity (Wildman–Crippen MR) is 80.3 cm³/mol. The Morgan fingerprint density at radius 2 is 2.10 bits per heavy atom. The number of hydrogen-bond acceptors (Lipinski definition) is 3. The van der Waals surface area contributed by atoms with Crippen LogP contribution >= 0.6 is 15.9 Å². The molecule has 0 aliphatic carbocycles. The Kier molecular flexibility index (Phi) is 5.66. The van der Waals surface area contributed by atoms with Crippen molar-refractivity contribution in [3.8, 4) is 0 Å². The van der Waals surface area contributed by atoms with E-state index >= 15 is 0 Å². The number of carbonyl (C=O) groups is 1. The van der Waals surface area contributed by atoms with E-state index < -0.39 is 38.3 Å². The van der Waals surface area contributed by atoms with Gasteiger partial charge in [-0.2, -0.15) is 4.31 Å². The molecule has 1 aromatic carbocycles. The van der Waals surface area contributed by atoms with Crippen LogP contribution in [0.15, 0.2) is 34.2 Å². The molecule has 0 aromatic heterocycles. The number of rotatable bonds is 6.